The number of aliphatic imine (C=N–C) groups is 1. The van der Waals surface area contributed by atoms with Crippen LogP contribution in [0.1, 0.15) is 10.4 Å². The first-order chi connectivity index (χ1) is 6.20. The van der Waals surface area contributed by atoms with E-state index < -0.39 is 5.97 Å². The van der Waals surface area contributed by atoms with E-state index >= 15 is 0 Å². The van der Waals surface area contributed by atoms with E-state index in [0.717, 1.165) is 0 Å². The molecule has 0 aliphatic heterocycles. The molecule has 0 heterocycles. The second-order valence-electron chi connectivity index (χ2n) is 2.42. The topological polar surface area (TPSA) is 61.7 Å². The van der Waals surface area contributed by atoms with Gasteiger partial charge in [0.05, 0.1) is 16.9 Å². The van der Waals surface area contributed by atoms with Crippen molar-refractivity contribution in [2.75, 3.05) is 12.4 Å². The number of anilines is 1. The number of hydrogen-bond acceptors (Lipinski definition) is 3. The number of carboxylic acid groups (broad SMARTS) is 1. The van der Waals surface area contributed by atoms with Crippen molar-refractivity contribution in [3.05, 3.63) is 23.8 Å². The number of nitrogens with zero attached hydrogens (tertiary/aromatic N) is 1. The molecule has 0 fully saturated rings. The van der Waals surface area contributed by atoms with Crippen molar-refractivity contribution < 1.29 is 9.90 Å². The van der Waals surface area contributed by atoms with E-state index in [-0.39, 0.29) is 5.56 Å². The average Bonchev–Trinajstić information content (AvgIpc) is 2.16. The van der Waals surface area contributed by atoms with Gasteiger partial charge in [0.1, 0.15) is 0 Å². The largest absolute Gasteiger partial charge is 0.478 e. The van der Waals surface area contributed by atoms with Crippen LogP contribution in [0.4, 0.5) is 11.4 Å². The van der Waals surface area contributed by atoms with Gasteiger partial charge in [0.2, 0.25) is 0 Å². The Labute approximate surface area is 75.9 Å². The van der Waals surface area contributed by atoms with Crippen molar-refractivity contribution in [2.45, 2.75) is 0 Å². The van der Waals surface area contributed by atoms with E-state index in [0.29, 0.717) is 11.4 Å². The Balaban J connectivity index is 3.35. The molecule has 13 heavy (non-hydrogen) atoms. The van der Waals surface area contributed by atoms with E-state index in [4.69, 9.17) is 5.11 Å². The summed E-state index contributed by atoms with van der Waals surface area (Å²) in [4.78, 5) is 14.4. The second kappa shape index (κ2) is 3.71. The van der Waals surface area contributed by atoms with Gasteiger partial charge in [-0.05, 0) is 18.9 Å². The summed E-state index contributed by atoms with van der Waals surface area (Å²) < 4.78 is 0. The van der Waals surface area contributed by atoms with E-state index in [1.54, 1.807) is 19.2 Å². The number of nitrogens with one attached hydrogen (secondary N) is 1. The molecule has 0 radical (unpaired) electrons. The first-order valence-electron chi connectivity index (χ1n) is 3.71. The monoisotopic (exact) mass is 178 g/mol. The standard InChI is InChI=1S/C9H10N2O2/c1-10-7-5-3-4-6(9(12)13)8(7)11-2/h3-5,10H,2H2,1H3,(H,12,13). The SMILES string of the molecule is C=Nc1c(NC)cccc1C(=O)O. The Bertz CT molecular complexity index is 347. The van der Waals surface area contributed by atoms with Gasteiger partial charge in [-0.1, -0.05) is 6.07 Å². The summed E-state index contributed by atoms with van der Waals surface area (Å²) in [6, 6.07) is 4.90. The molecule has 0 aliphatic carbocycles. The third-order valence-corrected chi connectivity index (χ3v) is 1.69. The zero-order valence-electron chi connectivity index (χ0n) is 7.24. The van der Waals surface area contributed by atoms with Gasteiger partial charge < -0.3 is 10.4 Å². The van der Waals surface area contributed by atoms with Crippen LogP contribution in [0.25, 0.3) is 0 Å². The van der Waals surface area contributed by atoms with E-state index in [9.17, 15) is 4.79 Å². The first kappa shape index (κ1) is 9.25. The van der Waals surface area contributed by atoms with Crippen molar-refractivity contribution in [3.8, 4) is 0 Å². The second-order valence-corrected chi connectivity index (χ2v) is 2.42. The van der Waals surface area contributed by atoms with Crippen LogP contribution in [0.3, 0.4) is 0 Å². The molecule has 0 spiro atoms. The molecule has 4 heteroatoms. The summed E-state index contributed by atoms with van der Waals surface area (Å²) in [6.07, 6.45) is 0. The molecule has 0 bridgehead atoms. The molecule has 0 amide bonds. The lowest BCUT2D eigenvalue weighted by atomic mass is 10.1. The number of benzene rings is 1. The predicted octanol–water partition coefficient (Wildman–Crippen LogP) is 1.76. The average molecular weight is 178 g/mol. The summed E-state index contributed by atoms with van der Waals surface area (Å²) in [7, 11) is 1.70. The van der Waals surface area contributed by atoms with E-state index in [1.807, 2.05) is 0 Å². The van der Waals surface area contributed by atoms with Gasteiger partial charge in [-0.15, -0.1) is 0 Å². The van der Waals surface area contributed by atoms with Crippen LogP contribution in [0.5, 0.6) is 0 Å². The van der Waals surface area contributed by atoms with Gasteiger partial charge in [-0.2, -0.15) is 0 Å². The summed E-state index contributed by atoms with van der Waals surface area (Å²) >= 11 is 0. The molecule has 0 atom stereocenters. The predicted molar refractivity (Wildman–Crippen MR) is 52.2 cm³/mol. The number of hydrogen-bond donors (Lipinski definition) is 2. The fraction of sp³-hybridized carbons (Fsp3) is 0.111. The molecular formula is C9H10N2O2. The molecular weight excluding hydrogens is 168 g/mol. The van der Waals surface area contributed by atoms with Crippen LogP contribution in [0.15, 0.2) is 23.2 Å². The normalized spacial score (nSPS) is 9.31. The third-order valence-electron chi connectivity index (χ3n) is 1.69. The number of rotatable bonds is 3. The van der Waals surface area contributed by atoms with Crippen molar-refractivity contribution in [3.63, 3.8) is 0 Å². The molecule has 1 aromatic carbocycles. The maximum absolute atomic E-state index is 10.7. The summed E-state index contributed by atoms with van der Waals surface area (Å²) in [6.45, 7) is 3.33. The maximum atomic E-state index is 10.7. The zero-order chi connectivity index (χ0) is 9.84. The van der Waals surface area contributed by atoms with Gasteiger partial charge >= 0.3 is 5.97 Å². The minimum absolute atomic E-state index is 0.154. The first-order valence-corrected chi connectivity index (χ1v) is 3.71. The molecule has 0 unspecified atom stereocenters. The number of carbonyl (C=O) groups is 1. The highest BCUT2D eigenvalue weighted by molar-refractivity contribution is 5.97. The lowest BCUT2D eigenvalue weighted by molar-refractivity contribution is 0.0698. The molecule has 68 valence electrons. The van der Waals surface area contributed by atoms with Crippen LogP contribution < -0.4 is 5.32 Å². The van der Waals surface area contributed by atoms with Gasteiger partial charge in [0.15, 0.2) is 0 Å². The van der Waals surface area contributed by atoms with Crippen molar-refractivity contribution in [1.29, 1.82) is 0 Å². The van der Waals surface area contributed by atoms with Gasteiger partial charge in [0, 0.05) is 7.05 Å². The lowest BCUT2D eigenvalue weighted by Crippen LogP contribution is -1.99. The van der Waals surface area contributed by atoms with Crippen molar-refractivity contribution in [1.82, 2.24) is 0 Å². The summed E-state index contributed by atoms with van der Waals surface area (Å²) in [5, 5.41) is 11.6. The fourth-order valence-electron chi connectivity index (χ4n) is 1.09. The van der Waals surface area contributed by atoms with Gasteiger partial charge in [-0.25, -0.2) is 4.79 Å². The smallest absolute Gasteiger partial charge is 0.337 e. The Hall–Kier alpha value is -1.84. The van der Waals surface area contributed by atoms with Gasteiger partial charge in [-0.3, -0.25) is 4.99 Å². The fourth-order valence-corrected chi connectivity index (χ4v) is 1.09. The van der Waals surface area contributed by atoms with E-state index in [1.165, 1.54) is 6.07 Å². The lowest BCUT2D eigenvalue weighted by Gasteiger charge is -2.06. The molecule has 1 aromatic rings. The quantitative estimate of drug-likeness (QED) is 0.693. The van der Waals surface area contributed by atoms with Crippen molar-refractivity contribution in [2.24, 2.45) is 4.99 Å². The van der Waals surface area contributed by atoms with Crippen molar-refractivity contribution >= 4 is 24.1 Å². The Morgan fingerprint density at radius 1 is 1.62 bits per heavy atom. The minimum Gasteiger partial charge on any atom is -0.478 e. The molecule has 0 aromatic heterocycles. The molecule has 2 N–H and O–H groups in total. The Kier molecular flexibility index (Phi) is 2.64. The Morgan fingerprint density at radius 3 is 2.77 bits per heavy atom. The highest BCUT2D eigenvalue weighted by Gasteiger charge is 2.11. The van der Waals surface area contributed by atoms with E-state index in [2.05, 4.69) is 17.0 Å². The maximum Gasteiger partial charge on any atom is 0.337 e. The van der Waals surface area contributed by atoms with Crippen LogP contribution in [-0.2, 0) is 0 Å². The number of para-hydroxylation sites is 1. The van der Waals surface area contributed by atoms with Crippen LogP contribution in [-0.4, -0.2) is 24.8 Å². The molecule has 0 aliphatic rings. The number of aromatic carboxylic acids is 1. The highest BCUT2D eigenvalue weighted by Crippen LogP contribution is 2.28. The third kappa shape index (κ3) is 1.66. The number of carboxylic acids is 1. The molecule has 4 nitrogen and oxygen atoms in total. The van der Waals surface area contributed by atoms with Crippen LogP contribution >= 0.6 is 0 Å². The molecule has 0 saturated heterocycles. The molecule has 1 rings (SSSR count). The molecule has 0 saturated carbocycles. The van der Waals surface area contributed by atoms with Crippen LogP contribution in [0, 0.1) is 0 Å². The van der Waals surface area contributed by atoms with Gasteiger partial charge in [0.25, 0.3) is 0 Å². The minimum atomic E-state index is -1.00. The van der Waals surface area contributed by atoms with Crippen LogP contribution in [0.2, 0.25) is 0 Å². The Morgan fingerprint density at radius 2 is 2.31 bits per heavy atom. The zero-order valence-corrected chi connectivity index (χ0v) is 7.24. The highest BCUT2D eigenvalue weighted by atomic mass is 16.4. The summed E-state index contributed by atoms with van der Waals surface area (Å²) in [5.41, 5.74) is 1.19. The summed E-state index contributed by atoms with van der Waals surface area (Å²) in [5.74, 6) is -1.00.